The van der Waals surface area contributed by atoms with E-state index in [0.717, 1.165) is 5.56 Å². The first-order valence-corrected chi connectivity index (χ1v) is 5.27. The van der Waals surface area contributed by atoms with E-state index in [2.05, 4.69) is 5.32 Å². The second-order valence-corrected chi connectivity index (χ2v) is 3.71. The van der Waals surface area contributed by atoms with Crippen LogP contribution in [0.2, 0.25) is 0 Å². The van der Waals surface area contributed by atoms with Crippen LogP contribution in [-0.4, -0.2) is 34.7 Å². The molecule has 1 rings (SSSR count). The van der Waals surface area contributed by atoms with Gasteiger partial charge in [0, 0.05) is 18.5 Å². The maximum Gasteiger partial charge on any atom is 0.332 e. The van der Waals surface area contributed by atoms with Gasteiger partial charge in [0.05, 0.1) is 0 Å². The molecule has 0 bridgehead atoms. The van der Waals surface area contributed by atoms with Gasteiger partial charge in [-0.1, -0.05) is 18.2 Å². The van der Waals surface area contributed by atoms with Crippen molar-refractivity contribution in [2.45, 2.75) is 19.4 Å². The maximum atomic E-state index is 11.7. The van der Waals surface area contributed by atoms with Crippen molar-refractivity contribution in [1.29, 1.82) is 0 Å². The smallest absolute Gasteiger partial charge is 0.332 e. The minimum atomic E-state index is -1.44. The standard InChI is InChI=1S/C12H15NO4/c1-8-4-2-3-5-9(8)11(15)13-7-6-10(14)12(16)17/h2-5,10,14H,6-7H2,1H3,(H,13,15)(H,16,17). The summed E-state index contributed by atoms with van der Waals surface area (Å²) in [7, 11) is 0. The van der Waals surface area contributed by atoms with Crippen LogP contribution in [0.5, 0.6) is 0 Å². The fourth-order valence-corrected chi connectivity index (χ4v) is 1.37. The van der Waals surface area contributed by atoms with Crippen molar-refractivity contribution < 1.29 is 19.8 Å². The summed E-state index contributed by atoms with van der Waals surface area (Å²) in [6, 6.07) is 7.10. The predicted octanol–water partition coefficient (Wildman–Crippen LogP) is 0.560. The second-order valence-electron chi connectivity index (χ2n) is 3.71. The number of aryl methyl sites for hydroxylation is 1. The summed E-state index contributed by atoms with van der Waals surface area (Å²) in [6.07, 6.45) is -1.44. The molecule has 0 spiro atoms. The molecule has 0 aliphatic carbocycles. The molecule has 1 unspecified atom stereocenters. The zero-order valence-electron chi connectivity index (χ0n) is 9.51. The third kappa shape index (κ3) is 3.88. The van der Waals surface area contributed by atoms with Gasteiger partial charge in [-0.3, -0.25) is 4.79 Å². The minimum Gasteiger partial charge on any atom is -0.479 e. The zero-order chi connectivity index (χ0) is 12.8. The second kappa shape index (κ2) is 6.00. The molecular formula is C12H15NO4. The van der Waals surface area contributed by atoms with E-state index in [-0.39, 0.29) is 18.9 Å². The lowest BCUT2D eigenvalue weighted by Crippen LogP contribution is -2.30. The van der Waals surface area contributed by atoms with Crippen LogP contribution < -0.4 is 5.32 Å². The van der Waals surface area contributed by atoms with E-state index in [4.69, 9.17) is 10.2 Å². The van der Waals surface area contributed by atoms with E-state index in [9.17, 15) is 9.59 Å². The molecule has 0 aliphatic heterocycles. The number of carboxylic acids is 1. The van der Waals surface area contributed by atoms with E-state index >= 15 is 0 Å². The molecule has 0 aliphatic rings. The van der Waals surface area contributed by atoms with Crippen molar-refractivity contribution in [2.75, 3.05) is 6.54 Å². The Balaban J connectivity index is 2.46. The van der Waals surface area contributed by atoms with E-state index in [0.29, 0.717) is 5.56 Å². The highest BCUT2D eigenvalue weighted by Crippen LogP contribution is 2.06. The number of carboxylic acid groups (broad SMARTS) is 1. The van der Waals surface area contributed by atoms with Crippen molar-refractivity contribution in [3.8, 4) is 0 Å². The van der Waals surface area contributed by atoms with Crippen LogP contribution in [0.3, 0.4) is 0 Å². The third-order valence-electron chi connectivity index (χ3n) is 2.38. The van der Waals surface area contributed by atoms with Crippen LogP contribution in [0, 0.1) is 6.92 Å². The molecule has 3 N–H and O–H groups in total. The van der Waals surface area contributed by atoms with Crippen molar-refractivity contribution in [1.82, 2.24) is 5.32 Å². The molecule has 1 atom stereocenters. The predicted molar refractivity (Wildman–Crippen MR) is 61.8 cm³/mol. The van der Waals surface area contributed by atoms with Gasteiger partial charge in [-0.25, -0.2) is 4.79 Å². The first kappa shape index (κ1) is 13.2. The summed E-state index contributed by atoms with van der Waals surface area (Å²) < 4.78 is 0. The Morgan fingerprint density at radius 3 is 2.59 bits per heavy atom. The summed E-state index contributed by atoms with van der Waals surface area (Å²) in [5.41, 5.74) is 1.40. The lowest BCUT2D eigenvalue weighted by molar-refractivity contribution is -0.146. The van der Waals surface area contributed by atoms with Gasteiger partial charge in [-0.2, -0.15) is 0 Å². The Morgan fingerprint density at radius 1 is 1.35 bits per heavy atom. The minimum absolute atomic E-state index is 0.00699. The largest absolute Gasteiger partial charge is 0.479 e. The number of nitrogens with one attached hydrogen (secondary N) is 1. The lowest BCUT2D eigenvalue weighted by Gasteiger charge is -2.08. The van der Waals surface area contributed by atoms with Gasteiger partial charge in [-0.05, 0) is 18.6 Å². The van der Waals surface area contributed by atoms with Gasteiger partial charge in [0.1, 0.15) is 0 Å². The van der Waals surface area contributed by atoms with Gasteiger partial charge >= 0.3 is 5.97 Å². The van der Waals surface area contributed by atoms with Crippen LogP contribution in [0.15, 0.2) is 24.3 Å². The van der Waals surface area contributed by atoms with Gasteiger partial charge in [0.2, 0.25) is 0 Å². The third-order valence-corrected chi connectivity index (χ3v) is 2.38. The van der Waals surface area contributed by atoms with Crippen LogP contribution >= 0.6 is 0 Å². The SMILES string of the molecule is Cc1ccccc1C(=O)NCCC(O)C(=O)O. The molecule has 0 fully saturated rings. The molecular weight excluding hydrogens is 222 g/mol. The Bertz CT molecular complexity index is 417. The average molecular weight is 237 g/mol. The van der Waals surface area contributed by atoms with Crippen LogP contribution in [-0.2, 0) is 4.79 Å². The van der Waals surface area contributed by atoms with Crippen molar-refractivity contribution >= 4 is 11.9 Å². The Kier molecular flexibility index (Phi) is 4.66. The molecule has 1 aromatic carbocycles. The Hall–Kier alpha value is -1.88. The number of hydrogen-bond acceptors (Lipinski definition) is 3. The highest BCUT2D eigenvalue weighted by molar-refractivity contribution is 5.95. The highest BCUT2D eigenvalue weighted by atomic mass is 16.4. The fraction of sp³-hybridized carbons (Fsp3) is 0.333. The normalized spacial score (nSPS) is 11.9. The summed E-state index contributed by atoms with van der Waals surface area (Å²) in [4.78, 5) is 22.0. The molecule has 5 nitrogen and oxygen atoms in total. The van der Waals surface area contributed by atoms with Gasteiger partial charge in [0.25, 0.3) is 5.91 Å². The molecule has 0 aromatic heterocycles. The Morgan fingerprint density at radius 2 is 2.00 bits per heavy atom. The summed E-state index contributed by atoms with van der Waals surface area (Å²) >= 11 is 0. The molecule has 0 saturated heterocycles. The fourth-order valence-electron chi connectivity index (χ4n) is 1.37. The molecule has 0 heterocycles. The molecule has 1 aromatic rings. The molecule has 1 amide bonds. The number of carbonyl (C=O) groups is 2. The van der Waals surface area contributed by atoms with Crippen molar-refractivity contribution in [3.05, 3.63) is 35.4 Å². The van der Waals surface area contributed by atoms with Gasteiger partial charge < -0.3 is 15.5 Å². The monoisotopic (exact) mass is 237 g/mol. The zero-order valence-corrected chi connectivity index (χ0v) is 9.51. The quantitative estimate of drug-likeness (QED) is 0.698. The molecule has 17 heavy (non-hydrogen) atoms. The first-order chi connectivity index (χ1) is 8.02. The molecule has 5 heteroatoms. The Labute approximate surface area is 99.1 Å². The number of rotatable bonds is 5. The number of hydrogen-bond donors (Lipinski definition) is 3. The van der Waals surface area contributed by atoms with E-state index in [1.807, 2.05) is 19.1 Å². The maximum absolute atomic E-state index is 11.7. The number of aliphatic carboxylic acids is 1. The van der Waals surface area contributed by atoms with Gasteiger partial charge in [-0.15, -0.1) is 0 Å². The van der Waals surface area contributed by atoms with E-state index < -0.39 is 12.1 Å². The van der Waals surface area contributed by atoms with Crippen LogP contribution in [0.25, 0.3) is 0 Å². The van der Waals surface area contributed by atoms with Gasteiger partial charge in [0.15, 0.2) is 6.10 Å². The number of aliphatic hydroxyl groups is 1. The summed E-state index contributed by atoms with van der Waals surface area (Å²) in [6.45, 7) is 1.95. The lowest BCUT2D eigenvalue weighted by atomic mass is 10.1. The number of benzene rings is 1. The average Bonchev–Trinajstić information content (AvgIpc) is 2.29. The van der Waals surface area contributed by atoms with Crippen molar-refractivity contribution in [2.24, 2.45) is 0 Å². The first-order valence-electron chi connectivity index (χ1n) is 5.27. The molecule has 92 valence electrons. The number of aliphatic hydroxyl groups excluding tert-OH is 1. The van der Waals surface area contributed by atoms with E-state index in [1.165, 1.54) is 0 Å². The van der Waals surface area contributed by atoms with Crippen molar-refractivity contribution in [3.63, 3.8) is 0 Å². The highest BCUT2D eigenvalue weighted by Gasteiger charge is 2.13. The molecule has 0 saturated carbocycles. The number of amides is 1. The topological polar surface area (TPSA) is 86.6 Å². The van der Waals surface area contributed by atoms with Crippen LogP contribution in [0.1, 0.15) is 22.3 Å². The summed E-state index contributed by atoms with van der Waals surface area (Å²) in [5.74, 6) is -1.55. The summed E-state index contributed by atoms with van der Waals surface area (Å²) in [5, 5.41) is 20.0. The van der Waals surface area contributed by atoms with E-state index in [1.54, 1.807) is 12.1 Å². The molecule has 0 radical (unpaired) electrons. The van der Waals surface area contributed by atoms with Crippen LogP contribution in [0.4, 0.5) is 0 Å². The number of carbonyl (C=O) groups excluding carboxylic acids is 1.